The number of piperazine rings is 1. The Hall–Kier alpha value is -1.89. The molecule has 1 aromatic rings. The summed E-state index contributed by atoms with van der Waals surface area (Å²) in [5, 5.41) is 5.05. The Morgan fingerprint density at radius 1 is 1.37 bits per heavy atom. The molecule has 0 aromatic heterocycles. The highest BCUT2D eigenvalue weighted by molar-refractivity contribution is 6.31. The van der Waals surface area contributed by atoms with Crippen LogP contribution in [-0.2, 0) is 4.79 Å². The number of urea groups is 1. The molecule has 2 saturated carbocycles. The van der Waals surface area contributed by atoms with E-state index in [0.717, 1.165) is 18.9 Å². The van der Waals surface area contributed by atoms with Gasteiger partial charge in [-0.25, -0.2) is 13.6 Å². The first-order valence-electron chi connectivity index (χ1n) is 9.29. The third-order valence-electron chi connectivity index (χ3n) is 6.26. The van der Waals surface area contributed by atoms with Gasteiger partial charge in [-0.15, -0.1) is 0 Å². The van der Waals surface area contributed by atoms with E-state index in [1.54, 1.807) is 6.92 Å². The Bertz CT molecular complexity index is 791. The van der Waals surface area contributed by atoms with Crippen molar-refractivity contribution in [1.82, 2.24) is 15.5 Å². The van der Waals surface area contributed by atoms with Gasteiger partial charge in [-0.2, -0.15) is 0 Å². The van der Waals surface area contributed by atoms with E-state index in [0.29, 0.717) is 18.5 Å². The number of halogens is 3. The third-order valence-corrected chi connectivity index (χ3v) is 6.60. The van der Waals surface area contributed by atoms with Crippen molar-refractivity contribution in [2.24, 2.45) is 11.3 Å². The van der Waals surface area contributed by atoms with E-state index in [9.17, 15) is 18.4 Å². The van der Waals surface area contributed by atoms with Crippen LogP contribution in [0.25, 0.3) is 0 Å². The van der Waals surface area contributed by atoms with Crippen molar-refractivity contribution in [2.45, 2.75) is 44.7 Å². The summed E-state index contributed by atoms with van der Waals surface area (Å²) in [4.78, 5) is 26.1. The zero-order valence-electron chi connectivity index (χ0n) is 15.0. The summed E-state index contributed by atoms with van der Waals surface area (Å²) in [7, 11) is 0. The lowest BCUT2D eigenvalue weighted by molar-refractivity contribution is -0.127. The van der Waals surface area contributed by atoms with Crippen molar-refractivity contribution in [3.05, 3.63) is 34.4 Å². The second kappa shape index (κ2) is 6.62. The van der Waals surface area contributed by atoms with Gasteiger partial charge in [0.05, 0.1) is 6.04 Å². The van der Waals surface area contributed by atoms with Gasteiger partial charge in [0.15, 0.2) is 0 Å². The minimum atomic E-state index is -0.830. The number of benzene rings is 1. The number of amides is 3. The van der Waals surface area contributed by atoms with Crippen LogP contribution in [0.3, 0.4) is 0 Å². The molecular weight excluding hydrogens is 376 g/mol. The molecule has 4 rings (SSSR count). The van der Waals surface area contributed by atoms with E-state index in [1.807, 2.05) is 0 Å². The molecule has 5 nitrogen and oxygen atoms in total. The summed E-state index contributed by atoms with van der Waals surface area (Å²) in [6.07, 6.45) is 4.14. The summed E-state index contributed by atoms with van der Waals surface area (Å²) in [5.41, 5.74) is 0.552. The average Bonchev–Trinajstić information content (AvgIpc) is 3.40. The molecule has 3 aliphatic rings. The summed E-state index contributed by atoms with van der Waals surface area (Å²) >= 11 is 5.76. The lowest BCUT2D eigenvalue weighted by Crippen LogP contribution is -2.59. The number of carbonyl (C=O) groups is 2. The van der Waals surface area contributed by atoms with E-state index in [4.69, 9.17) is 11.6 Å². The van der Waals surface area contributed by atoms with Gasteiger partial charge in [0.25, 0.3) is 0 Å². The van der Waals surface area contributed by atoms with Crippen molar-refractivity contribution in [3.8, 4) is 0 Å². The van der Waals surface area contributed by atoms with Crippen LogP contribution in [0, 0.1) is 23.0 Å². The molecule has 146 valence electrons. The summed E-state index contributed by atoms with van der Waals surface area (Å²) in [5.74, 6) is -1.80. The van der Waals surface area contributed by atoms with Gasteiger partial charge < -0.3 is 15.5 Å². The number of hydrogen-bond donors (Lipinski definition) is 2. The number of hydrogen-bond acceptors (Lipinski definition) is 2. The van der Waals surface area contributed by atoms with Gasteiger partial charge in [-0.05, 0) is 50.0 Å². The van der Waals surface area contributed by atoms with Gasteiger partial charge in [-0.3, -0.25) is 4.79 Å². The van der Waals surface area contributed by atoms with Crippen LogP contribution in [0.1, 0.15) is 44.2 Å². The van der Waals surface area contributed by atoms with Crippen LogP contribution >= 0.6 is 11.6 Å². The maximum absolute atomic E-state index is 14.7. The molecular formula is C19H22ClF2N3O2. The SMILES string of the molecule is C[C@@H]1C(=O)NCCN1C(=O)N[C@H](c1ccc(F)c(Cl)c1F)C1CC2(CC2)C1. The largest absolute Gasteiger partial charge is 0.353 e. The van der Waals surface area contributed by atoms with Crippen molar-refractivity contribution in [2.75, 3.05) is 13.1 Å². The third kappa shape index (κ3) is 3.26. The molecule has 2 aliphatic carbocycles. The molecule has 8 heteroatoms. The van der Waals surface area contributed by atoms with E-state index in [1.165, 1.54) is 23.8 Å². The monoisotopic (exact) mass is 397 g/mol. The van der Waals surface area contributed by atoms with Crippen LogP contribution < -0.4 is 10.6 Å². The minimum absolute atomic E-state index is 0.0707. The highest BCUT2D eigenvalue weighted by Crippen LogP contribution is 2.65. The van der Waals surface area contributed by atoms with Crippen molar-refractivity contribution in [1.29, 1.82) is 0 Å². The molecule has 3 amide bonds. The van der Waals surface area contributed by atoms with Gasteiger partial charge >= 0.3 is 6.03 Å². The van der Waals surface area contributed by atoms with Crippen molar-refractivity contribution >= 4 is 23.5 Å². The maximum atomic E-state index is 14.7. The summed E-state index contributed by atoms with van der Waals surface area (Å²) in [6.45, 7) is 2.41. The van der Waals surface area contributed by atoms with Crippen LogP contribution in [0.4, 0.5) is 13.6 Å². The molecule has 2 N–H and O–H groups in total. The van der Waals surface area contributed by atoms with Crippen LogP contribution in [0.15, 0.2) is 12.1 Å². The van der Waals surface area contributed by atoms with Gasteiger partial charge in [0.1, 0.15) is 22.7 Å². The number of carbonyl (C=O) groups excluding carboxylic acids is 2. The van der Waals surface area contributed by atoms with Crippen LogP contribution in [-0.4, -0.2) is 36.0 Å². The molecule has 2 atom stereocenters. The van der Waals surface area contributed by atoms with E-state index >= 15 is 0 Å². The lowest BCUT2D eigenvalue weighted by Gasteiger charge is -2.43. The quantitative estimate of drug-likeness (QED) is 0.768. The zero-order valence-corrected chi connectivity index (χ0v) is 15.8. The van der Waals surface area contributed by atoms with Crippen molar-refractivity contribution < 1.29 is 18.4 Å². The molecule has 0 radical (unpaired) electrons. The Morgan fingerprint density at radius 3 is 2.74 bits per heavy atom. The second-order valence-corrected chi connectivity index (χ2v) is 8.40. The topological polar surface area (TPSA) is 61.4 Å². The average molecular weight is 398 g/mol. The highest BCUT2D eigenvalue weighted by atomic mass is 35.5. The number of nitrogens with one attached hydrogen (secondary N) is 2. The fourth-order valence-corrected chi connectivity index (χ4v) is 4.55. The van der Waals surface area contributed by atoms with E-state index in [2.05, 4.69) is 10.6 Å². The van der Waals surface area contributed by atoms with Gasteiger partial charge in [-0.1, -0.05) is 17.7 Å². The first-order valence-corrected chi connectivity index (χ1v) is 9.67. The zero-order chi connectivity index (χ0) is 19.3. The van der Waals surface area contributed by atoms with Crippen LogP contribution in [0.5, 0.6) is 0 Å². The fraction of sp³-hybridized carbons (Fsp3) is 0.579. The van der Waals surface area contributed by atoms with E-state index < -0.39 is 34.8 Å². The summed E-state index contributed by atoms with van der Waals surface area (Å²) < 4.78 is 28.3. The highest BCUT2D eigenvalue weighted by Gasteiger charge is 2.55. The smallest absolute Gasteiger partial charge is 0.318 e. The molecule has 27 heavy (non-hydrogen) atoms. The predicted octanol–water partition coefficient (Wildman–Crippen LogP) is 3.38. The number of nitrogens with zero attached hydrogens (tertiary/aromatic N) is 1. The lowest BCUT2D eigenvalue weighted by atomic mass is 9.67. The standard InChI is InChI=1S/C19H22ClF2N3O2/c1-10-17(26)23-6-7-25(10)18(27)24-16(11-8-19(9-11)4-5-19)12-2-3-13(21)14(20)15(12)22/h2-3,10-11,16H,4-9H2,1H3,(H,23,26)(H,24,27)/t10-,16+/m1/s1. The molecule has 1 heterocycles. The predicted molar refractivity (Wildman–Crippen MR) is 96.2 cm³/mol. The molecule has 0 bridgehead atoms. The molecule has 1 aliphatic heterocycles. The number of rotatable bonds is 3. The first-order chi connectivity index (χ1) is 12.8. The molecule has 3 fully saturated rings. The molecule has 1 saturated heterocycles. The minimum Gasteiger partial charge on any atom is -0.353 e. The van der Waals surface area contributed by atoms with Crippen LogP contribution in [0.2, 0.25) is 5.02 Å². The first kappa shape index (κ1) is 18.5. The molecule has 0 unspecified atom stereocenters. The Kier molecular flexibility index (Phi) is 4.53. The van der Waals surface area contributed by atoms with Gasteiger partial charge in [0, 0.05) is 18.7 Å². The Balaban J connectivity index is 1.58. The normalized spacial score (nSPS) is 25.0. The molecule has 1 aromatic carbocycles. The Labute approximate surface area is 161 Å². The maximum Gasteiger partial charge on any atom is 0.318 e. The Morgan fingerprint density at radius 2 is 2.07 bits per heavy atom. The second-order valence-electron chi connectivity index (χ2n) is 8.02. The molecule has 1 spiro atoms. The van der Waals surface area contributed by atoms with E-state index in [-0.39, 0.29) is 17.4 Å². The van der Waals surface area contributed by atoms with Gasteiger partial charge in [0.2, 0.25) is 5.91 Å². The fourth-order valence-electron chi connectivity index (χ4n) is 4.38. The van der Waals surface area contributed by atoms with Crippen molar-refractivity contribution in [3.63, 3.8) is 0 Å². The summed E-state index contributed by atoms with van der Waals surface area (Å²) in [6, 6.07) is 0.865.